The van der Waals surface area contributed by atoms with Crippen molar-refractivity contribution in [2.45, 2.75) is 0 Å². The Morgan fingerprint density at radius 3 is 2.60 bits per heavy atom. The number of nitro groups is 1. The molecule has 1 aromatic heterocycles. The highest BCUT2D eigenvalue weighted by atomic mass is 16.6. The minimum atomic E-state index is -0.752. The van der Waals surface area contributed by atoms with Crippen molar-refractivity contribution < 1.29 is 19.2 Å². The molecule has 1 heterocycles. The van der Waals surface area contributed by atoms with Gasteiger partial charge in [-0.3, -0.25) is 14.9 Å². The van der Waals surface area contributed by atoms with Gasteiger partial charge in [0, 0.05) is 12.1 Å². The molecule has 0 amide bonds. The van der Waals surface area contributed by atoms with Crippen LogP contribution < -0.4 is 10.2 Å². The molecule has 8 heteroatoms. The van der Waals surface area contributed by atoms with Gasteiger partial charge >= 0.3 is 5.97 Å². The number of carbonyl (C=O) groups excluding carboxylic acids is 1. The van der Waals surface area contributed by atoms with E-state index in [1.165, 1.54) is 19.2 Å². The van der Waals surface area contributed by atoms with Crippen molar-refractivity contribution >= 4 is 22.6 Å². The number of H-pyrrole nitrogens is 1. The van der Waals surface area contributed by atoms with Gasteiger partial charge in [-0.15, -0.1) is 0 Å². The second kappa shape index (κ2) is 5.00. The van der Waals surface area contributed by atoms with Crippen LogP contribution in [0.15, 0.2) is 23.0 Å². The lowest BCUT2D eigenvalue weighted by Gasteiger charge is -2.07. The predicted molar refractivity (Wildman–Crippen MR) is 69.1 cm³/mol. The first-order chi connectivity index (χ1) is 9.49. The van der Waals surface area contributed by atoms with E-state index in [0.717, 1.165) is 13.2 Å². The van der Waals surface area contributed by atoms with Crippen LogP contribution in [0.4, 0.5) is 5.69 Å². The zero-order valence-electron chi connectivity index (χ0n) is 10.6. The van der Waals surface area contributed by atoms with E-state index in [1.54, 1.807) is 0 Å². The number of nitro benzene ring substituents is 1. The Labute approximate surface area is 112 Å². The summed E-state index contributed by atoms with van der Waals surface area (Å²) in [6.45, 7) is 0. The summed E-state index contributed by atoms with van der Waals surface area (Å²) >= 11 is 0. The van der Waals surface area contributed by atoms with Crippen LogP contribution in [0.5, 0.6) is 5.75 Å². The van der Waals surface area contributed by atoms with Crippen LogP contribution in [-0.4, -0.2) is 30.1 Å². The van der Waals surface area contributed by atoms with Crippen molar-refractivity contribution in [1.82, 2.24) is 4.98 Å². The van der Waals surface area contributed by atoms with Crippen LogP contribution in [-0.2, 0) is 4.74 Å². The summed E-state index contributed by atoms with van der Waals surface area (Å²) in [5.74, 6) is -0.536. The zero-order valence-corrected chi connectivity index (χ0v) is 10.6. The number of rotatable bonds is 3. The van der Waals surface area contributed by atoms with Crippen LogP contribution in [0.1, 0.15) is 10.5 Å². The van der Waals surface area contributed by atoms with Gasteiger partial charge in [0.25, 0.3) is 5.69 Å². The number of aromatic nitrogens is 1. The number of nitrogens with zero attached hydrogens (tertiary/aromatic N) is 1. The van der Waals surface area contributed by atoms with Crippen LogP contribution in [0.3, 0.4) is 0 Å². The number of carbonyl (C=O) groups is 1. The number of pyridine rings is 1. The first kappa shape index (κ1) is 13.5. The number of methoxy groups -OCH3 is 2. The lowest BCUT2D eigenvalue weighted by Crippen LogP contribution is -2.13. The molecule has 0 saturated carbocycles. The molecular weight excluding hydrogens is 268 g/mol. The fourth-order valence-corrected chi connectivity index (χ4v) is 1.86. The third-order valence-electron chi connectivity index (χ3n) is 2.75. The van der Waals surface area contributed by atoms with E-state index in [1.807, 2.05) is 0 Å². The van der Waals surface area contributed by atoms with Crippen molar-refractivity contribution in [3.8, 4) is 5.75 Å². The van der Waals surface area contributed by atoms with E-state index in [4.69, 9.17) is 4.74 Å². The molecule has 0 unspecified atom stereocenters. The van der Waals surface area contributed by atoms with Gasteiger partial charge < -0.3 is 14.5 Å². The third kappa shape index (κ3) is 2.07. The van der Waals surface area contributed by atoms with E-state index < -0.39 is 16.3 Å². The minimum Gasteiger partial charge on any atom is -0.495 e. The number of hydrogen-bond acceptors (Lipinski definition) is 6. The van der Waals surface area contributed by atoms with Crippen LogP contribution >= 0.6 is 0 Å². The normalized spacial score (nSPS) is 10.3. The van der Waals surface area contributed by atoms with E-state index in [9.17, 15) is 19.7 Å². The highest BCUT2D eigenvalue weighted by Gasteiger charge is 2.20. The average molecular weight is 278 g/mol. The molecule has 20 heavy (non-hydrogen) atoms. The molecule has 0 aliphatic carbocycles. The Morgan fingerprint density at radius 1 is 1.35 bits per heavy atom. The molecule has 0 aliphatic rings. The molecule has 2 aromatic rings. The maximum absolute atomic E-state index is 12.0. The Kier molecular flexibility index (Phi) is 3.38. The molecule has 0 atom stereocenters. The second-order valence-corrected chi connectivity index (χ2v) is 3.83. The molecule has 2 rings (SSSR count). The van der Waals surface area contributed by atoms with Crippen molar-refractivity contribution in [1.29, 1.82) is 0 Å². The van der Waals surface area contributed by atoms with Crippen molar-refractivity contribution in [2.24, 2.45) is 0 Å². The standard InChI is InChI=1S/C12H10N2O6/c1-19-9-4-3-7(14(17)18)10-8(15)5-6(12(16)20-2)13-11(9)10/h3-5H,1-2H3,(H,13,15). The number of benzene rings is 1. The topological polar surface area (TPSA) is 112 Å². The molecule has 104 valence electrons. The van der Waals surface area contributed by atoms with Crippen molar-refractivity contribution in [3.63, 3.8) is 0 Å². The van der Waals surface area contributed by atoms with Gasteiger partial charge in [0.1, 0.15) is 16.8 Å². The lowest BCUT2D eigenvalue weighted by atomic mass is 10.1. The minimum absolute atomic E-state index is 0.0783. The van der Waals surface area contributed by atoms with E-state index in [2.05, 4.69) is 9.72 Å². The molecular formula is C12H10N2O6. The van der Waals surface area contributed by atoms with Gasteiger partial charge in [-0.2, -0.15) is 0 Å². The zero-order chi connectivity index (χ0) is 14.9. The summed E-state index contributed by atoms with van der Waals surface area (Å²) in [4.78, 5) is 36.4. The molecule has 0 bridgehead atoms. The Hall–Kier alpha value is -2.90. The molecule has 1 N–H and O–H groups in total. The lowest BCUT2D eigenvalue weighted by molar-refractivity contribution is -0.383. The fraction of sp³-hybridized carbons (Fsp3) is 0.167. The van der Waals surface area contributed by atoms with Crippen LogP contribution in [0.25, 0.3) is 10.9 Å². The van der Waals surface area contributed by atoms with Gasteiger partial charge in [-0.05, 0) is 6.07 Å². The quantitative estimate of drug-likeness (QED) is 0.513. The van der Waals surface area contributed by atoms with Crippen molar-refractivity contribution in [3.05, 3.63) is 44.2 Å². The summed E-state index contributed by atoms with van der Waals surface area (Å²) in [7, 11) is 2.51. The number of hydrogen-bond donors (Lipinski definition) is 1. The first-order valence-corrected chi connectivity index (χ1v) is 5.46. The van der Waals surface area contributed by atoms with E-state index >= 15 is 0 Å². The fourth-order valence-electron chi connectivity index (χ4n) is 1.86. The number of non-ortho nitro benzene ring substituents is 1. The Balaban J connectivity index is 2.91. The molecule has 0 spiro atoms. The number of ether oxygens (including phenoxy) is 2. The summed E-state index contributed by atoms with van der Waals surface area (Å²) in [6, 6.07) is 3.48. The van der Waals surface area contributed by atoms with E-state index in [-0.39, 0.29) is 28.0 Å². The maximum Gasteiger partial charge on any atom is 0.354 e. The van der Waals surface area contributed by atoms with Crippen LogP contribution in [0, 0.1) is 10.1 Å². The second-order valence-electron chi connectivity index (χ2n) is 3.83. The predicted octanol–water partition coefficient (Wildman–Crippen LogP) is 1.23. The molecule has 1 aromatic carbocycles. The molecule has 0 radical (unpaired) electrons. The molecule has 0 fully saturated rings. The highest BCUT2D eigenvalue weighted by molar-refractivity contribution is 5.96. The highest BCUT2D eigenvalue weighted by Crippen LogP contribution is 2.29. The third-order valence-corrected chi connectivity index (χ3v) is 2.75. The molecule has 8 nitrogen and oxygen atoms in total. The number of aromatic amines is 1. The van der Waals surface area contributed by atoms with Gasteiger partial charge in [0.15, 0.2) is 5.43 Å². The number of esters is 1. The van der Waals surface area contributed by atoms with E-state index in [0.29, 0.717) is 0 Å². The summed E-state index contributed by atoms with van der Waals surface area (Å²) in [5.41, 5.74) is -1.05. The van der Waals surface area contributed by atoms with Gasteiger partial charge in [0.2, 0.25) is 0 Å². The molecule has 0 aliphatic heterocycles. The Bertz CT molecular complexity index is 764. The Morgan fingerprint density at radius 2 is 2.05 bits per heavy atom. The largest absolute Gasteiger partial charge is 0.495 e. The smallest absolute Gasteiger partial charge is 0.354 e. The maximum atomic E-state index is 12.0. The SMILES string of the molecule is COC(=O)c1cc(=O)c2c([N+](=O)[O-])ccc(OC)c2[nH]1. The summed E-state index contributed by atoms with van der Waals surface area (Å²) in [6.07, 6.45) is 0. The number of nitrogens with one attached hydrogen (secondary N) is 1. The van der Waals surface area contributed by atoms with Crippen molar-refractivity contribution in [2.75, 3.05) is 14.2 Å². The number of fused-ring (bicyclic) bond motifs is 1. The van der Waals surface area contributed by atoms with Gasteiger partial charge in [0.05, 0.1) is 24.7 Å². The summed E-state index contributed by atoms with van der Waals surface area (Å²) < 4.78 is 9.55. The monoisotopic (exact) mass is 278 g/mol. The average Bonchev–Trinajstić information content (AvgIpc) is 2.44. The van der Waals surface area contributed by atoms with Gasteiger partial charge in [-0.1, -0.05) is 0 Å². The summed E-state index contributed by atoms with van der Waals surface area (Å²) in [5, 5.41) is 10.8. The van der Waals surface area contributed by atoms with Gasteiger partial charge in [-0.25, -0.2) is 4.79 Å². The van der Waals surface area contributed by atoms with Crippen LogP contribution in [0.2, 0.25) is 0 Å². The molecule has 0 saturated heterocycles. The first-order valence-electron chi connectivity index (χ1n) is 5.46.